The van der Waals surface area contributed by atoms with E-state index in [4.69, 9.17) is 0 Å². The van der Waals surface area contributed by atoms with E-state index in [1.54, 1.807) is 0 Å². The lowest BCUT2D eigenvalue weighted by Gasteiger charge is -2.02. The molecule has 1 aliphatic rings. The fourth-order valence-corrected chi connectivity index (χ4v) is 1.87. The molecule has 0 unspecified atom stereocenters. The Morgan fingerprint density at radius 2 is 2.20 bits per heavy atom. The van der Waals surface area contributed by atoms with Crippen LogP contribution in [-0.2, 0) is 7.05 Å². The molecule has 2 aromatic heterocycles. The summed E-state index contributed by atoms with van der Waals surface area (Å²) in [5.74, 6) is 0.947. The van der Waals surface area contributed by atoms with Gasteiger partial charge in [0.15, 0.2) is 5.82 Å². The van der Waals surface area contributed by atoms with Crippen molar-refractivity contribution in [2.75, 3.05) is 0 Å². The number of rotatable bonds is 2. The molecule has 0 saturated heterocycles. The van der Waals surface area contributed by atoms with Crippen LogP contribution in [0.3, 0.4) is 0 Å². The van der Waals surface area contributed by atoms with Gasteiger partial charge < -0.3 is 4.57 Å². The second-order valence-corrected chi connectivity index (χ2v) is 4.09. The molecule has 1 aliphatic carbocycles. The average Bonchev–Trinajstić information content (AvgIpc) is 2.83. The van der Waals surface area contributed by atoms with Gasteiger partial charge in [-0.3, -0.25) is 4.68 Å². The van der Waals surface area contributed by atoms with Crippen molar-refractivity contribution in [2.45, 2.75) is 25.8 Å². The zero-order chi connectivity index (χ0) is 10.4. The third-order valence-electron chi connectivity index (χ3n) is 2.77. The number of aryl methyl sites for hydroxylation is 2. The molecule has 78 valence electrons. The summed E-state index contributed by atoms with van der Waals surface area (Å²) in [5.41, 5.74) is 2.09. The largest absolute Gasteiger partial charge is 0.310 e. The Balaban J connectivity index is 2.11. The van der Waals surface area contributed by atoms with Gasteiger partial charge in [0, 0.05) is 19.3 Å². The summed E-state index contributed by atoms with van der Waals surface area (Å²) in [7, 11) is 1.92. The molecule has 0 amide bonds. The Hall–Kier alpha value is -1.65. The summed E-state index contributed by atoms with van der Waals surface area (Å²) in [6, 6.07) is 0.606. The van der Waals surface area contributed by atoms with Gasteiger partial charge in [-0.05, 0) is 19.8 Å². The van der Waals surface area contributed by atoms with Gasteiger partial charge >= 0.3 is 0 Å². The highest BCUT2D eigenvalue weighted by molar-refractivity contribution is 5.57. The third-order valence-corrected chi connectivity index (χ3v) is 2.77. The van der Waals surface area contributed by atoms with Crippen molar-refractivity contribution in [3.8, 4) is 11.4 Å². The molecule has 0 radical (unpaired) electrons. The molecule has 15 heavy (non-hydrogen) atoms. The lowest BCUT2D eigenvalue weighted by atomic mass is 10.2. The van der Waals surface area contributed by atoms with Crippen LogP contribution in [-0.4, -0.2) is 24.5 Å². The lowest BCUT2D eigenvalue weighted by molar-refractivity contribution is 0.745. The maximum Gasteiger partial charge on any atom is 0.167 e. The van der Waals surface area contributed by atoms with Gasteiger partial charge in [-0.1, -0.05) is 0 Å². The van der Waals surface area contributed by atoms with Crippen LogP contribution in [0, 0.1) is 6.92 Å². The first kappa shape index (κ1) is 8.64. The standard InChI is InChI=1S/C10H13N5/c1-7-9(5-14(2)13-7)10-12-11-6-15(10)8-3-4-8/h5-6,8H,3-4H2,1-2H3. The van der Waals surface area contributed by atoms with E-state index in [0.717, 1.165) is 17.1 Å². The fraction of sp³-hybridized carbons (Fsp3) is 0.500. The Labute approximate surface area is 87.7 Å². The Morgan fingerprint density at radius 3 is 2.80 bits per heavy atom. The predicted octanol–water partition coefficient (Wildman–Crippen LogP) is 1.32. The van der Waals surface area contributed by atoms with Crippen LogP contribution in [0.15, 0.2) is 12.5 Å². The van der Waals surface area contributed by atoms with Crippen molar-refractivity contribution in [3.05, 3.63) is 18.2 Å². The van der Waals surface area contributed by atoms with E-state index in [1.807, 2.05) is 31.2 Å². The SMILES string of the molecule is Cc1nn(C)cc1-c1nncn1C1CC1. The highest BCUT2D eigenvalue weighted by Crippen LogP contribution is 2.37. The number of hydrogen-bond donors (Lipinski definition) is 0. The maximum absolute atomic E-state index is 4.32. The van der Waals surface area contributed by atoms with Crippen molar-refractivity contribution in [1.82, 2.24) is 24.5 Å². The lowest BCUT2D eigenvalue weighted by Crippen LogP contribution is -1.96. The summed E-state index contributed by atoms with van der Waals surface area (Å²) < 4.78 is 3.97. The summed E-state index contributed by atoms with van der Waals surface area (Å²) >= 11 is 0. The molecule has 3 rings (SSSR count). The Kier molecular flexibility index (Phi) is 1.68. The molecule has 0 aliphatic heterocycles. The minimum Gasteiger partial charge on any atom is -0.310 e. The Bertz CT molecular complexity index is 492. The Morgan fingerprint density at radius 1 is 1.40 bits per heavy atom. The number of aromatic nitrogens is 5. The first-order valence-corrected chi connectivity index (χ1v) is 5.16. The van der Waals surface area contributed by atoms with E-state index in [9.17, 15) is 0 Å². The van der Waals surface area contributed by atoms with Crippen molar-refractivity contribution < 1.29 is 0 Å². The van der Waals surface area contributed by atoms with Crippen LogP contribution >= 0.6 is 0 Å². The van der Waals surface area contributed by atoms with E-state index in [-0.39, 0.29) is 0 Å². The predicted molar refractivity (Wildman–Crippen MR) is 55.2 cm³/mol. The van der Waals surface area contributed by atoms with Crippen LogP contribution in [0.4, 0.5) is 0 Å². The van der Waals surface area contributed by atoms with Crippen molar-refractivity contribution in [2.24, 2.45) is 7.05 Å². The van der Waals surface area contributed by atoms with Crippen molar-refractivity contribution in [3.63, 3.8) is 0 Å². The summed E-state index contributed by atoms with van der Waals surface area (Å²) in [6.07, 6.45) is 6.30. The molecule has 0 bridgehead atoms. The van der Waals surface area contributed by atoms with Gasteiger partial charge in [0.2, 0.25) is 0 Å². The van der Waals surface area contributed by atoms with Crippen molar-refractivity contribution >= 4 is 0 Å². The highest BCUT2D eigenvalue weighted by Gasteiger charge is 2.27. The summed E-state index contributed by atoms with van der Waals surface area (Å²) in [6.45, 7) is 2.00. The molecule has 0 atom stereocenters. The minimum atomic E-state index is 0.606. The summed E-state index contributed by atoms with van der Waals surface area (Å²) in [4.78, 5) is 0. The van der Waals surface area contributed by atoms with Crippen molar-refractivity contribution in [1.29, 1.82) is 0 Å². The highest BCUT2D eigenvalue weighted by atomic mass is 15.3. The maximum atomic E-state index is 4.32. The second-order valence-electron chi connectivity index (χ2n) is 4.09. The van der Waals surface area contributed by atoms with E-state index < -0.39 is 0 Å². The summed E-state index contributed by atoms with van der Waals surface area (Å²) in [5, 5.41) is 12.5. The number of nitrogens with zero attached hydrogens (tertiary/aromatic N) is 5. The van der Waals surface area contributed by atoms with Gasteiger partial charge in [0.25, 0.3) is 0 Å². The molecule has 5 nitrogen and oxygen atoms in total. The molecule has 2 heterocycles. The van der Waals surface area contributed by atoms with Gasteiger partial charge in [-0.25, -0.2) is 0 Å². The molecule has 0 N–H and O–H groups in total. The van der Waals surface area contributed by atoms with Crippen LogP contribution in [0.1, 0.15) is 24.6 Å². The van der Waals surface area contributed by atoms with Crippen LogP contribution in [0.2, 0.25) is 0 Å². The molecule has 0 spiro atoms. The van der Waals surface area contributed by atoms with E-state index >= 15 is 0 Å². The smallest absolute Gasteiger partial charge is 0.167 e. The molecular formula is C10H13N5. The molecule has 1 saturated carbocycles. The van der Waals surface area contributed by atoms with Gasteiger partial charge in [-0.15, -0.1) is 10.2 Å². The van der Waals surface area contributed by atoms with E-state index in [1.165, 1.54) is 12.8 Å². The zero-order valence-electron chi connectivity index (χ0n) is 8.88. The van der Waals surface area contributed by atoms with E-state index in [2.05, 4.69) is 19.9 Å². The first-order valence-electron chi connectivity index (χ1n) is 5.16. The first-order chi connectivity index (χ1) is 7.25. The third kappa shape index (κ3) is 1.35. The average molecular weight is 203 g/mol. The molecule has 1 fully saturated rings. The molecular weight excluding hydrogens is 190 g/mol. The molecule has 2 aromatic rings. The van der Waals surface area contributed by atoms with Gasteiger partial charge in [-0.2, -0.15) is 5.10 Å². The molecule has 0 aromatic carbocycles. The molecule has 5 heteroatoms. The minimum absolute atomic E-state index is 0.606. The normalized spacial score (nSPS) is 15.9. The van der Waals surface area contributed by atoms with Crippen LogP contribution in [0.25, 0.3) is 11.4 Å². The quantitative estimate of drug-likeness (QED) is 0.739. The van der Waals surface area contributed by atoms with Crippen LogP contribution in [0.5, 0.6) is 0 Å². The zero-order valence-corrected chi connectivity index (χ0v) is 8.88. The topological polar surface area (TPSA) is 48.5 Å². The van der Waals surface area contributed by atoms with Crippen LogP contribution < -0.4 is 0 Å². The number of hydrogen-bond acceptors (Lipinski definition) is 3. The van der Waals surface area contributed by atoms with Gasteiger partial charge in [0.05, 0.1) is 11.3 Å². The fourth-order valence-electron chi connectivity index (χ4n) is 1.87. The second kappa shape index (κ2) is 2.92. The van der Waals surface area contributed by atoms with Gasteiger partial charge in [0.1, 0.15) is 6.33 Å². The van der Waals surface area contributed by atoms with E-state index in [0.29, 0.717) is 6.04 Å². The monoisotopic (exact) mass is 203 g/mol.